The van der Waals surface area contributed by atoms with Gasteiger partial charge in [-0.3, -0.25) is 14.3 Å². The van der Waals surface area contributed by atoms with Gasteiger partial charge in [-0.05, 0) is 17.7 Å². The molecule has 2 saturated heterocycles. The van der Waals surface area contributed by atoms with E-state index in [1.165, 1.54) is 12.1 Å². The maximum absolute atomic E-state index is 13.5. The van der Waals surface area contributed by atoms with Crippen LogP contribution in [0.5, 0.6) is 0 Å². The van der Waals surface area contributed by atoms with E-state index in [4.69, 9.17) is 18.3 Å². The Labute approximate surface area is 171 Å². The lowest BCUT2D eigenvalue weighted by molar-refractivity contribution is -0.137. The van der Waals surface area contributed by atoms with Gasteiger partial charge in [0.05, 0.1) is 11.8 Å². The molecule has 14 heteroatoms. The molecule has 0 spiro atoms. The van der Waals surface area contributed by atoms with Crippen LogP contribution in [0.25, 0.3) is 0 Å². The largest absolute Gasteiger partial charge is 0.573 e. The quantitative estimate of drug-likeness (QED) is 0.524. The molecule has 4 atom stereocenters. The molecule has 2 aliphatic rings. The van der Waals surface area contributed by atoms with Gasteiger partial charge in [0.15, 0.2) is 0 Å². The van der Waals surface area contributed by atoms with Crippen LogP contribution in [-0.2, 0) is 31.1 Å². The fourth-order valence-electron chi connectivity index (χ4n) is 3.19. The Morgan fingerprint density at radius 2 is 1.94 bits per heavy atom. The summed E-state index contributed by atoms with van der Waals surface area (Å²) in [6, 6.07) is 4.17. The van der Waals surface area contributed by atoms with Gasteiger partial charge in [-0.2, -0.15) is 27.0 Å². The average molecular weight is 467 g/mol. The van der Waals surface area contributed by atoms with Gasteiger partial charge in [-0.1, -0.05) is 12.1 Å². The number of rotatable bonds is 4. The van der Waals surface area contributed by atoms with E-state index in [2.05, 4.69) is 0 Å². The van der Waals surface area contributed by atoms with Gasteiger partial charge in [-0.25, -0.2) is 4.79 Å². The molecule has 1 aromatic carbocycles. The van der Waals surface area contributed by atoms with Gasteiger partial charge in [0.2, 0.25) is 5.82 Å². The monoisotopic (exact) mass is 467 g/mol. The Morgan fingerprint density at radius 3 is 2.61 bits per heavy atom. The highest BCUT2D eigenvalue weighted by atomic mass is 31.2. The molecular weight excluding hydrogens is 451 g/mol. The Morgan fingerprint density at radius 1 is 1.23 bits per heavy atom. The summed E-state index contributed by atoms with van der Waals surface area (Å²) in [5, 5.41) is 0. The van der Waals surface area contributed by atoms with Crippen molar-refractivity contribution in [3.8, 4) is 0 Å². The molecule has 31 heavy (non-hydrogen) atoms. The minimum absolute atomic E-state index is 0.0331. The SMILES string of the molecule is O=c1[nH]c(=O)n([C@H]2C[C@@H]3O[P+](O)(OCc4ccc(C(F)(F)F)cc4)OC[C@H]3O2)cc1F. The fraction of sp³-hybridized carbons (Fsp3) is 0.412. The van der Waals surface area contributed by atoms with Crippen LogP contribution in [0.4, 0.5) is 17.6 Å². The Balaban J connectivity index is 1.39. The van der Waals surface area contributed by atoms with Crippen molar-refractivity contribution in [2.24, 2.45) is 0 Å². The van der Waals surface area contributed by atoms with E-state index in [0.717, 1.165) is 16.7 Å². The number of nitrogens with zero attached hydrogens (tertiary/aromatic N) is 1. The lowest BCUT2D eigenvalue weighted by atomic mass is 10.1. The standard InChI is InChI=1S/C17H15F4N2O7P/c18-11-6-23(16(25)22-15(11)24)14-5-12-13(29-14)8-28-31(26,30-12)27-7-9-1-3-10(4-2-9)17(19,20)21/h1-4,6,12-14,26H,5,7-8H2/p+1/t12-,13+,14+,31?/m0/s1. The van der Waals surface area contributed by atoms with Crippen LogP contribution in [0.2, 0.25) is 0 Å². The van der Waals surface area contributed by atoms with E-state index in [0.29, 0.717) is 11.8 Å². The second-order valence-electron chi connectivity index (χ2n) is 6.88. The van der Waals surface area contributed by atoms with Crippen LogP contribution in [0.3, 0.4) is 0 Å². The van der Waals surface area contributed by atoms with Gasteiger partial charge in [0.25, 0.3) is 5.56 Å². The number of hydrogen-bond donors (Lipinski definition) is 2. The Hall–Kier alpha value is -2.15. The van der Waals surface area contributed by atoms with Gasteiger partial charge in [0, 0.05) is 6.42 Å². The van der Waals surface area contributed by atoms with Crippen LogP contribution in [0.15, 0.2) is 40.1 Å². The topological polar surface area (TPSA) is 112 Å². The van der Waals surface area contributed by atoms with Gasteiger partial charge in [-0.15, -0.1) is 9.05 Å². The number of aromatic nitrogens is 2. The molecule has 2 fully saturated rings. The number of benzene rings is 1. The lowest BCUT2D eigenvalue weighted by Crippen LogP contribution is -2.35. The van der Waals surface area contributed by atoms with Crippen LogP contribution in [-0.4, -0.2) is 33.3 Å². The minimum Gasteiger partial charge on any atom is -0.349 e. The number of aromatic amines is 1. The van der Waals surface area contributed by atoms with Crippen molar-refractivity contribution < 1.29 is 40.8 Å². The molecule has 0 bridgehead atoms. The molecule has 0 aliphatic carbocycles. The number of halogens is 4. The maximum Gasteiger partial charge on any atom is 0.573 e. The second-order valence-corrected chi connectivity index (χ2v) is 8.55. The zero-order valence-corrected chi connectivity index (χ0v) is 16.4. The van der Waals surface area contributed by atoms with Crippen LogP contribution < -0.4 is 11.2 Å². The fourth-order valence-corrected chi connectivity index (χ4v) is 4.60. The molecule has 3 heterocycles. The molecular formula is C17H16F4N2O7P+. The van der Waals surface area contributed by atoms with Gasteiger partial charge >= 0.3 is 20.0 Å². The second kappa shape index (κ2) is 8.08. The van der Waals surface area contributed by atoms with Crippen molar-refractivity contribution in [3.05, 3.63) is 68.2 Å². The molecule has 2 N–H and O–H groups in total. The predicted octanol–water partition coefficient (Wildman–Crippen LogP) is 2.28. The number of ether oxygens (including phenoxy) is 1. The predicted molar refractivity (Wildman–Crippen MR) is 96.0 cm³/mol. The van der Waals surface area contributed by atoms with Crippen molar-refractivity contribution in [2.45, 2.75) is 37.6 Å². The Kier molecular flexibility index (Phi) is 5.75. The summed E-state index contributed by atoms with van der Waals surface area (Å²) in [6.45, 7) is -0.423. The third kappa shape index (κ3) is 4.71. The van der Waals surface area contributed by atoms with E-state index >= 15 is 0 Å². The van der Waals surface area contributed by atoms with Crippen molar-refractivity contribution in [1.29, 1.82) is 0 Å². The van der Waals surface area contributed by atoms with Gasteiger partial charge < -0.3 is 4.74 Å². The molecule has 1 aromatic heterocycles. The molecule has 0 saturated carbocycles. The van der Waals surface area contributed by atoms with E-state index in [-0.39, 0.29) is 19.6 Å². The summed E-state index contributed by atoms with van der Waals surface area (Å²) in [5.41, 5.74) is -2.50. The lowest BCUT2D eigenvalue weighted by Gasteiger charge is -2.26. The smallest absolute Gasteiger partial charge is 0.349 e. The van der Waals surface area contributed by atoms with Crippen molar-refractivity contribution in [3.63, 3.8) is 0 Å². The maximum atomic E-state index is 13.5. The Bertz CT molecular complexity index is 1070. The first-order chi connectivity index (χ1) is 14.5. The molecule has 2 aliphatic heterocycles. The number of alkyl halides is 3. The zero-order chi connectivity index (χ0) is 22.4. The molecule has 168 valence electrons. The molecule has 1 unspecified atom stereocenters. The summed E-state index contributed by atoms with van der Waals surface area (Å²) in [4.78, 5) is 35.4. The zero-order valence-electron chi connectivity index (χ0n) is 15.5. The first-order valence-corrected chi connectivity index (χ1v) is 10.5. The molecule has 2 aromatic rings. The summed E-state index contributed by atoms with van der Waals surface area (Å²) in [5.74, 6) is -1.17. The summed E-state index contributed by atoms with van der Waals surface area (Å²) < 4.78 is 73.9. The minimum atomic E-state index is -4.47. The first-order valence-electron chi connectivity index (χ1n) is 8.96. The van der Waals surface area contributed by atoms with Crippen LogP contribution >= 0.6 is 8.17 Å². The third-order valence-electron chi connectivity index (χ3n) is 4.76. The molecule has 0 amide bonds. The summed E-state index contributed by atoms with van der Waals surface area (Å²) in [7, 11) is -3.81. The number of hydrogen-bond acceptors (Lipinski definition) is 7. The van der Waals surface area contributed by atoms with E-state index < -0.39 is 55.4 Å². The number of nitrogens with one attached hydrogen (secondary N) is 1. The summed E-state index contributed by atoms with van der Waals surface area (Å²) in [6.07, 6.45) is -6.14. The van der Waals surface area contributed by atoms with Crippen molar-refractivity contribution in [2.75, 3.05) is 6.61 Å². The highest BCUT2D eigenvalue weighted by Gasteiger charge is 2.57. The van der Waals surface area contributed by atoms with Gasteiger partial charge in [0.1, 0.15) is 31.6 Å². The molecule has 4 rings (SSSR count). The third-order valence-corrected chi connectivity index (χ3v) is 6.23. The number of fused-ring (bicyclic) bond motifs is 1. The molecule has 9 nitrogen and oxygen atoms in total. The molecule has 0 radical (unpaired) electrons. The van der Waals surface area contributed by atoms with Crippen LogP contribution in [0.1, 0.15) is 23.8 Å². The van der Waals surface area contributed by atoms with Crippen molar-refractivity contribution >= 4 is 8.17 Å². The first kappa shape index (κ1) is 22.1. The van der Waals surface area contributed by atoms with Crippen LogP contribution in [0, 0.1) is 5.82 Å². The average Bonchev–Trinajstić information content (AvgIpc) is 3.11. The highest BCUT2D eigenvalue weighted by Crippen LogP contribution is 2.63. The van der Waals surface area contributed by atoms with E-state index in [1.807, 2.05) is 4.98 Å². The number of H-pyrrole nitrogens is 1. The van der Waals surface area contributed by atoms with E-state index in [1.54, 1.807) is 0 Å². The van der Waals surface area contributed by atoms with Crippen molar-refractivity contribution in [1.82, 2.24) is 9.55 Å². The highest BCUT2D eigenvalue weighted by molar-refractivity contribution is 7.55. The normalized spacial score (nSPS) is 28.5. The van der Waals surface area contributed by atoms with E-state index in [9.17, 15) is 32.0 Å². The summed E-state index contributed by atoms with van der Waals surface area (Å²) >= 11 is 0.